The van der Waals surface area contributed by atoms with Crippen LogP contribution >= 0.6 is 0 Å². The molecule has 0 spiro atoms. The van der Waals surface area contributed by atoms with E-state index in [1.54, 1.807) is 44.6 Å². The van der Waals surface area contributed by atoms with Gasteiger partial charge >= 0.3 is 5.69 Å². The van der Waals surface area contributed by atoms with Crippen LogP contribution in [0, 0.1) is 0 Å². The van der Waals surface area contributed by atoms with Crippen LogP contribution in [0.4, 0.5) is 5.69 Å². The molecule has 10 nitrogen and oxygen atoms in total. The summed E-state index contributed by atoms with van der Waals surface area (Å²) >= 11 is 0. The summed E-state index contributed by atoms with van der Waals surface area (Å²) in [5.74, 6) is 1.32. The van der Waals surface area contributed by atoms with Crippen LogP contribution in [-0.4, -0.2) is 73.8 Å². The molecule has 0 bridgehead atoms. The van der Waals surface area contributed by atoms with Crippen molar-refractivity contribution in [3.63, 3.8) is 0 Å². The van der Waals surface area contributed by atoms with Gasteiger partial charge in [-0.15, -0.1) is 0 Å². The van der Waals surface area contributed by atoms with Crippen molar-refractivity contribution < 1.29 is 14.3 Å². The van der Waals surface area contributed by atoms with E-state index in [9.17, 15) is 14.4 Å². The van der Waals surface area contributed by atoms with Gasteiger partial charge in [0, 0.05) is 44.0 Å². The predicted molar refractivity (Wildman–Crippen MR) is 160 cm³/mol. The van der Waals surface area contributed by atoms with E-state index >= 15 is 0 Å². The fraction of sp³-hybridized carbons (Fsp3) is 0.323. The molecule has 0 radical (unpaired) electrons. The van der Waals surface area contributed by atoms with Gasteiger partial charge in [-0.1, -0.05) is 12.1 Å². The summed E-state index contributed by atoms with van der Waals surface area (Å²) < 4.78 is 11.6. The van der Waals surface area contributed by atoms with E-state index < -0.39 is 11.2 Å². The van der Waals surface area contributed by atoms with E-state index in [1.807, 2.05) is 24.3 Å². The first-order chi connectivity index (χ1) is 19.9. The van der Waals surface area contributed by atoms with Crippen molar-refractivity contribution in [3.8, 4) is 11.5 Å². The van der Waals surface area contributed by atoms with Gasteiger partial charge in [-0.3, -0.25) is 19.1 Å². The second kappa shape index (κ2) is 12.7. The van der Waals surface area contributed by atoms with Crippen molar-refractivity contribution in [2.45, 2.75) is 13.0 Å². The van der Waals surface area contributed by atoms with E-state index in [0.717, 1.165) is 55.0 Å². The zero-order valence-electron chi connectivity index (χ0n) is 23.4. The maximum absolute atomic E-state index is 13.1. The number of fused-ring (bicyclic) bond motifs is 1. The summed E-state index contributed by atoms with van der Waals surface area (Å²) in [7, 11) is 3.25. The quantitative estimate of drug-likeness (QED) is 0.289. The standard InChI is InChI=1S/C31H35N5O5/c1-40-25-9-4-22(5-10-25)21-36-30(38)27-13-6-23(20-28(27)33-31(36)39)29(37)32-14-3-15-34-16-18-35(19-17-34)24-7-11-26(41-2)12-8-24/h4-13,20H,3,14-19,21H2,1-2H3,(H,32,37)(H,33,39). The number of carbonyl (C=O) groups excluding carboxylic acids is 1. The van der Waals surface area contributed by atoms with Gasteiger partial charge in [0.15, 0.2) is 0 Å². The number of benzene rings is 3. The minimum atomic E-state index is -0.525. The number of amides is 1. The van der Waals surface area contributed by atoms with Gasteiger partial charge in [0.2, 0.25) is 0 Å². The monoisotopic (exact) mass is 557 g/mol. The number of anilines is 1. The summed E-state index contributed by atoms with van der Waals surface area (Å²) in [6.45, 7) is 5.41. The molecule has 5 rings (SSSR count). The van der Waals surface area contributed by atoms with Crippen LogP contribution in [0.3, 0.4) is 0 Å². The Bertz CT molecular complexity index is 1600. The predicted octanol–water partition coefficient (Wildman–Crippen LogP) is 2.70. The van der Waals surface area contributed by atoms with Crippen molar-refractivity contribution in [3.05, 3.63) is 98.7 Å². The minimum Gasteiger partial charge on any atom is -0.497 e. The molecule has 3 aromatic carbocycles. The van der Waals surface area contributed by atoms with Gasteiger partial charge in [-0.25, -0.2) is 4.79 Å². The Morgan fingerprint density at radius 1 is 0.878 bits per heavy atom. The van der Waals surface area contributed by atoms with Crippen LogP contribution < -0.4 is 30.9 Å². The summed E-state index contributed by atoms with van der Waals surface area (Å²) in [4.78, 5) is 46.1. The Balaban J connectivity index is 1.12. The third-order valence-electron chi connectivity index (χ3n) is 7.49. The van der Waals surface area contributed by atoms with E-state index in [2.05, 4.69) is 32.2 Å². The highest BCUT2D eigenvalue weighted by molar-refractivity contribution is 5.97. The molecule has 2 heterocycles. The SMILES string of the molecule is COc1ccc(Cn2c(=O)[nH]c3cc(C(=O)NCCCN4CCN(c5ccc(OC)cc5)CC4)ccc3c2=O)cc1. The maximum atomic E-state index is 13.1. The van der Waals surface area contributed by atoms with Crippen LogP contribution in [0.1, 0.15) is 22.3 Å². The molecule has 4 aromatic rings. The van der Waals surface area contributed by atoms with E-state index in [4.69, 9.17) is 9.47 Å². The molecule has 1 saturated heterocycles. The van der Waals surface area contributed by atoms with Crippen LogP contribution in [0.25, 0.3) is 10.9 Å². The molecule has 0 atom stereocenters. The Kier molecular flexibility index (Phi) is 8.69. The van der Waals surface area contributed by atoms with Crippen molar-refractivity contribution in [1.29, 1.82) is 0 Å². The number of piperazine rings is 1. The molecule has 1 fully saturated rings. The van der Waals surface area contributed by atoms with Crippen LogP contribution in [0.15, 0.2) is 76.3 Å². The van der Waals surface area contributed by atoms with Gasteiger partial charge in [-0.2, -0.15) is 0 Å². The number of H-pyrrole nitrogens is 1. The molecule has 10 heteroatoms. The number of rotatable bonds is 10. The molecule has 1 aliphatic rings. The number of nitrogens with zero attached hydrogens (tertiary/aromatic N) is 3. The summed E-state index contributed by atoms with van der Waals surface area (Å²) in [6.07, 6.45) is 0.828. The first-order valence-electron chi connectivity index (χ1n) is 13.7. The Morgan fingerprint density at radius 2 is 1.54 bits per heavy atom. The molecule has 0 saturated carbocycles. The number of carbonyl (C=O) groups is 1. The molecule has 2 N–H and O–H groups in total. The van der Waals surface area contributed by atoms with Crippen molar-refractivity contribution in [2.24, 2.45) is 0 Å². The van der Waals surface area contributed by atoms with Crippen molar-refractivity contribution in [1.82, 2.24) is 19.8 Å². The molecular weight excluding hydrogens is 522 g/mol. The number of nitrogens with one attached hydrogen (secondary N) is 2. The van der Waals surface area contributed by atoms with Crippen LogP contribution in [-0.2, 0) is 6.54 Å². The number of hydrogen-bond acceptors (Lipinski definition) is 7. The second-order valence-electron chi connectivity index (χ2n) is 10.1. The second-order valence-corrected chi connectivity index (χ2v) is 10.1. The third-order valence-corrected chi connectivity index (χ3v) is 7.49. The first-order valence-corrected chi connectivity index (χ1v) is 13.7. The maximum Gasteiger partial charge on any atom is 0.329 e. The molecule has 0 unspecified atom stereocenters. The largest absolute Gasteiger partial charge is 0.497 e. The average molecular weight is 558 g/mol. The summed E-state index contributed by atoms with van der Waals surface area (Å²) in [5.41, 5.74) is 1.81. The van der Waals surface area contributed by atoms with Gasteiger partial charge in [0.1, 0.15) is 11.5 Å². The van der Waals surface area contributed by atoms with Crippen molar-refractivity contribution in [2.75, 3.05) is 58.4 Å². The Labute approximate surface area is 238 Å². The zero-order chi connectivity index (χ0) is 28.8. The fourth-order valence-corrected chi connectivity index (χ4v) is 5.08. The lowest BCUT2D eigenvalue weighted by Gasteiger charge is -2.36. The lowest BCUT2D eigenvalue weighted by Crippen LogP contribution is -2.47. The van der Waals surface area contributed by atoms with E-state index in [-0.39, 0.29) is 12.5 Å². The molecule has 41 heavy (non-hydrogen) atoms. The van der Waals surface area contributed by atoms with Gasteiger partial charge in [0.25, 0.3) is 11.5 Å². The minimum absolute atomic E-state index is 0.132. The molecule has 1 aliphatic heterocycles. The molecular formula is C31H35N5O5. The van der Waals surface area contributed by atoms with Crippen molar-refractivity contribution >= 4 is 22.5 Å². The first kappa shape index (κ1) is 28.0. The fourth-order valence-electron chi connectivity index (χ4n) is 5.08. The van der Waals surface area contributed by atoms with Gasteiger partial charge in [0.05, 0.1) is 31.7 Å². The highest BCUT2D eigenvalue weighted by Gasteiger charge is 2.17. The third kappa shape index (κ3) is 6.60. The molecule has 1 amide bonds. The Morgan fingerprint density at radius 3 is 2.20 bits per heavy atom. The smallest absolute Gasteiger partial charge is 0.329 e. The highest BCUT2D eigenvalue weighted by atomic mass is 16.5. The number of aromatic nitrogens is 2. The Hall–Kier alpha value is -4.57. The topological polar surface area (TPSA) is 109 Å². The molecule has 214 valence electrons. The van der Waals surface area contributed by atoms with Gasteiger partial charge in [-0.05, 0) is 73.1 Å². The van der Waals surface area contributed by atoms with Crippen LogP contribution in [0.5, 0.6) is 11.5 Å². The lowest BCUT2D eigenvalue weighted by molar-refractivity contribution is 0.0951. The number of ether oxygens (including phenoxy) is 2. The van der Waals surface area contributed by atoms with Gasteiger partial charge < -0.3 is 24.7 Å². The summed E-state index contributed by atoms with van der Waals surface area (Å²) in [6, 6.07) is 20.1. The summed E-state index contributed by atoms with van der Waals surface area (Å²) in [5, 5.41) is 3.31. The lowest BCUT2D eigenvalue weighted by atomic mass is 10.1. The number of methoxy groups -OCH3 is 2. The highest BCUT2D eigenvalue weighted by Crippen LogP contribution is 2.20. The number of hydrogen-bond donors (Lipinski definition) is 2. The van der Waals surface area contributed by atoms with Crippen LogP contribution in [0.2, 0.25) is 0 Å². The molecule has 1 aromatic heterocycles. The van der Waals surface area contributed by atoms with E-state index in [0.29, 0.717) is 28.8 Å². The number of aromatic amines is 1. The average Bonchev–Trinajstić information content (AvgIpc) is 3.01. The zero-order valence-corrected chi connectivity index (χ0v) is 23.4. The molecule has 0 aliphatic carbocycles. The van der Waals surface area contributed by atoms with E-state index in [1.165, 1.54) is 5.69 Å². The normalized spacial score (nSPS) is 13.8.